The number of carbonyl (C=O) groups excluding carboxylic acids is 1. The Morgan fingerprint density at radius 1 is 0.958 bits per heavy atom. The molecule has 4 nitrogen and oxygen atoms in total. The molecule has 0 aliphatic rings. The average molecular weight is 343 g/mol. The topological polar surface area (TPSA) is 66.8 Å². The fourth-order valence-corrected chi connectivity index (χ4v) is 2.61. The molecule has 4 heteroatoms. The molecule has 0 aliphatic carbocycles. The first kappa shape index (κ1) is 23.1. The van der Waals surface area contributed by atoms with Crippen molar-refractivity contribution in [2.24, 2.45) is 0 Å². The zero-order valence-corrected chi connectivity index (χ0v) is 15.8. The molecule has 0 aromatic rings. The lowest BCUT2D eigenvalue weighted by Gasteiger charge is -2.08. The smallest absolute Gasteiger partial charge is 0.333 e. The molecule has 2 N–H and O–H groups in total. The first-order chi connectivity index (χ1) is 11.6. The first-order valence-electron chi connectivity index (χ1n) is 9.76. The van der Waals surface area contributed by atoms with E-state index >= 15 is 0 Å². The van der Waals surface area contributed by atoms with E-state index < -0.39 is 6.10 Å². The molecule has 0 radical (unpaired) electrons. The maximum absolute atomic E-state index is 11.8. The Balaban J connectivity index is 3.53. The zero-order valence-electron chi connectivity index (χ0n) is 15.8. The Bertz CT molecular complexity index is 326. The van der Waals surface area contributed by atoms with Crippen LogP contribution < -0.4 is 0 Å². The van der Waals surface area contributed by atoms with Gasteiger partial charge >= 0.3 is 5.97 Å². The number of unbranched alkanes of at least 4 members (excludes halogenated alkanes) is 9. The summed E-state index contributed by atoms with van der Waals surface area (Å²) in [4.78, 5) is 11.8. The predicted octanol–water partition coefficient (Wildman–Crippen LogP) is 4.53. The van der Waals surface area contributed by atoms with Crippen LogP contribution in [0.5, 0.6) is 0 Å². The number of esters is 1. The monoisotopic (exact) mass is 342 g/mol. The van der Waals surface area contributed by atoms with E-state index in [1.807, 2.05) is 0 Å². The summed E-state index contributed by atoms with van der Waals surface area (Å²) in [6.07, 6.45) is 14.3. The predicted molar refractivity (Wildman–Crippen MR) is 98.9 cm³/mol. The van der Waals surface area contributed by atoms with Crippen LogP contribution in [0.15, 0.2) is 11.6 Å². The molecule has 0 aliphatic heterocycles. The average Bonchev–Trinajstić information content (AvgIpc) is 2.57. The van der Waals surface area contributed by atoms with Crippen molar-refractivity contribution in [3.63, 3.8) is 0 Å². The normalized spacial score (nSPS) is 13.1. The van der Waals surface area contributed by atoms with E-state index in [2.05, 4.69) is 6.92 Å². The minimum Gasteiger partial charge on any atom is -0.462 e. The summed E-state index contributed by atoms with van der Waals surface area (Å²) in [6, 6.07) is 0. The first-order valence-corrected chi connectivity index (χ1v) is 9.76. The van der Waals surface area contributed by atoms with Crippen molar-refractivity contribution in [1.82, 2.24) is 0 Å². The van der Waals surface area contributed by atoms with E-state index in [-0.39, 0.29) is 12.6 Å². The van der Waals surface area contributed by atoms with E-state index in [1.54, 1.807) is 6.92 Å². The van der Waals surface area contributed by atoms with Gasteiger partial charge in [-0.15, -0.1) is 0 Å². The van der Waals surface area contributed by atoms with Crippen LogP contribution in [-0.4, -0.2) is 35.5 Å². The number of carbonyl (C=O) groups is 1. The minimum atomic E-state index is -0.693. The number of aliphatic hydroxyl groups excluding tert-OH is 2. The summed E-state index contributed by atoms with van der Waals surface area (Å²) in [6.45, 7) is 4.40. The van der Waals surface area contributed by atoms with Crippen LogP contribution in [0.4, 0.5) is 0 Å². The Labute approximate surface area is 148 Å². The van der Waals surface area contributed by atoms with Crippen LogP contribution in [0.25, 0.3) is 0 Å². The number of rotatable bonds is 16. The van der Waals surface area contributed by atoms with Crippen LogP contribution in [0.1, 0.15) is 90.9 Å². The molecule has 0 rings (SSSR count). The molecule has 0 aromatic carbocycles. The molecular formula is C20H38O4. The number of ether oxygens (including phenoxy) is 1. The molecule has 0 bridgehead atoms. The van der Waals surface area contributed by atoms with Crippen LogP contribution in [0.2, 0.25) is 0 Å². The molecule has 0 saturated carbocycles. The van der Waals surface area contributed by atoms with Crippen LogP contribution in [0, 0.1) is 0 Å². The third-order valence-electron chi connectivity index (χ3n) is 4.15. The molecule has 142 valence electrons. The number of hydrogen-bond acceptors (Lipinski definition) is 4. The highest BCUT2D eigenvalue weighted by Crippen LogP contribution is 2.11. The van der Waals surface area contributed by atoms with Gasteiger partial charge in [0.05, 0.1) is 12.7 Å². The molecule has 0 heterocycles. The summed E-state index contributed by atoms with van der Waals surface area (Å²) in [5.41, 5.74) is 0.438. The number of hydrogen-bond donors (Lipinski definition) is 2. The number of aliphatic hydroxyl groups is 2. The van der Waals surface area contributed by atoms with Gasteiger partial charge in [0, 0.05) is 12.2 Å². The van der Waals surface area contributed by atoms with Crippen molar-refractivity contribution in [2.45, 2.75) is 97.0 Å². The third kappa shape index (κ3) is 14.7. The van der Waals surface area contributed by atoms with Crippen molar-refractivity contribution < 1.29 is 19.7 Å². The van der Waals surface area contributed by atoms with Gasteiger partial charge in [-0.2, -0.15) is 0 Å². The molecule has 1 unspecified atom stereocenters. The van der Waals surface area contributed by atoms with Crippen molar-refractivity contribution in [3.8, 4) is 0 Å². The van der Waals surface area contributed by atoms with Gasteiger partial charge in [-0.3, -0.25) is 0 Å². The van der Waals surface area contributed by atoms with Crippen molar-refractivity contribution in [3.05, 3.63) is 11.6 Å². The van der Waals surface area contributed by atoms with Gasteiger partial charge in [-0.25, -0.2) is 4.79 Å². The highest BCUT2D eigenvalue weighted by atomic mass is 16.5. The fraction of sp³-hybridized carbons (Fsp3) is 0.850. The molecule has 24 heavy (non-hydrogen) atoms. The lowest BCUT2D eigenvalue weighted by Crippen LogP contribution is -2.11. The molecule has 1 atom stereocenters. The van der Waals surface area contributed by atoms with E-state index in [0.717, 1.165) is 12.8 Å². The highest BCUT2D eigenvalue weighted by molar-refractivity contribution is 5.87. The Morgan fingerprint density at radius 3 is 2.04 bits per heavy atom. The molecule has 0 aromatic heterocycles. The van der Waals surface area contributed by atoms with Gasteiger partial charge in [-0.05, 0) is 32.3 Å². The van der Waals surface area contributed by atoms with E-state index in [4.69, 9.17) is 9.84 Å². The lowest BCUT2D eigenvalue weighted by molar-refractivity contribution is -0.139. The summed E-state index contributed by atoms with van der Waals surface area (Å²) in [5, 5.41) is 18.4. The Morgan fingerprint density at radius 2 is 1.50 bits per heavy atom. The molecule has 0 fully saturated rings. The summed E-state index contributed by atoms with van der Waals surface area (Å²) < 4.78 is 5.21. The second kappa shape index (κ2) is 17.0. The SMILES string of the molecule is CCCCCCCCCCCCOC(=O)C(C)=CC(O)CCCO. The van der Waals surface area contributed by atoms with E-state index in [0.29, 0.717) is 25.0 Å². The van der Waals surface area contributed by atoms with Gasteiger partial charge in [0.2, 0.25) is 0 Å². The van der Waals surface area contributed by atoms with E-state index in [9.17, 15) is 9.90 Å². The van der Waals surface area contributed by atoms with Gasteiger partial charge in [0.1, 0.15) is 0 Å². The summed E-state index contributed by atoms with van der Waals surface area (Å²) >= 11 is 0. The standard InChI is InChI=1S/C20H38O4/c1-3-4-5-6-7-8-9-10-11-12-16-24-20(23)18(2)17-19(22)14-13-15-21/h17,19,21-22H,3-16H2,1-2H3. The van der Waals surface area contributed by atoms with Gasteiger partial charge in [0.15, 0.2) is 0 Å². The van der Waals surface area contributed by atoms with Crippen LogP contribution >= 0.6 is 0 Å². The Hall–Kier alpha value is -0.870. The summed E-state index contributed by atoms with van der Waals surface area (Å²) in [5.74, 6) is -0.353. The van der Waals surface area contributed by atoms with E-state index in [1.165, 1.54) is 57.4 Å². The third-order valence-corrected chi connectivity index (χ3v) is 4.15. The molecule has 0 amide bonds. The molecule has 0 spiro atoms. The highest BCUT2D eigenvalue weighted by Gasteiger charge is 2.08. The second-order valence-corrected chi connectivity index (χ2v) is 6.60. The second-order valence-electron chi connectivity index (χ2n) is 6.60. The van der Waals surface area contributed by atoms with Gasteiger partial charge in [0.25, 0.3) is 0 Å². The van der Waals surface area contributed by atoms with Crippen molar-refractivity contribution in [1.29, 1.82) is 0 Å². The summed E-state index contributed by atoms with van der Waals surface area (Å²) in [7, 11) is 0. The molecule has 0 saturated heterocycles. The maximum Gasteiger partial charge on any atom is 0.333 e. The lowest BCUT2D eigenvalue weighted by atomic mass is 10.1. The zero-order chi connectivity index (χ0) is 18.0. The van der Waals surface area contributed by atoms with Crippen molar-refractivity contribution in [2.75, 3.05) is 13.2 Å². The Kier molecular flexibility index (Phi) is 16.4. The van der Waals surface area contributed by atoms with Gasteiger partial charge < -0.3 is 14.9 Å². The largest absolute Gasteiger partial charge is 0.462 e. The minimum absolute atomic E-state index is 0.0487. The van der Waals surface area contributed by atoms with Crippen LogP contribution in [0.3, 0.4) is 0 Å². The quantitative estimate of drug-likeness (QED) is 0.246. The molecular weight excluding hydrogens is 304 g/mol. The maximum atomic E-state index is 11.8. The van der Waals surface area contributed by atoms with Crippen molar-refractivity contribution >= 4 is 5.97 Å². The fourth-order valence-electron chi connectivity index (χ4n) is 2.61. The van der Waals surface area contributed by atoms with Gasteiger partial charge in [-0.1, -0.05) is 64.7 Å². The van der Waals surface area contributed by atoms with Crippen LogP contribution in [-0.2, 0) is 9.53 Å².